The van der Waals surface area contributed by atoms with Crippen LogP contribution in [0.2, 0.25) is 5.02 Å². The summed E-state index contributed by atoms with van der Waals surface area (Å²) in [6.45, 7) is 0.411. The Bertz CT molecular complexity index is 1030. The van der Waals surface area contributed by atoms with Gasteiger partial charge in [-0.05, 0) is 23.8 Å². The number of aromatic nitrogens is 7. The molecule has 10 heteroatoms. The lowest BCUT2D eigenvalue weighted by Gasteiger charge is -2.04. The second kappa shape index (κ2) is 6.02. The van der Waals surface area contributed by atoms with Crippen LogP contribution in [0, 0.1) is 0 Å². The van der Waals surface area contributed by atoms with E-state index in [2.05, 4.69) is 29.0 Å². The first-order chi connectivity index (χ1) is 11.7. The maximum absolute atomic E-state index is 11.9. The third-order valence-electron chi connectivity index (χ3n) is 3.34. The largest absolute Gasteiger partial charge is 0.289 e. The lowest BCUT2D eigenvalue weighted by atomic mass is 10.2. The maximum atomic E-state index is 11.9. The van der Waals surface area contributed by atoms with Crippen molar-refractivity contribution in [2.45, 2.75) is 6.54 Å². The molecule has 4 rings (SSSR count). The van der Waals surface area contributed by atoms with Crippen LogP contribution in [0.25, 0.3) is 23.0 Å². The molecule has 24 heavy (non-hydrogen) atoms. The fourth-order valence-electron chi connectivity index (χ4n) is 2.27. The molecule has 0 atom stereocenters. The smallest absolute Gasteiger partial charge is 0.275 e. The number of halogens is 1. The van der Waals surface area contributed by atoms with Crippen molar-refractivity contribution in [1.82, 2.24) is 33.7 Å². The molecule has 0 amide bonds. The van der Waals surface area contributed by atoms with Crippen molar-refractivity contribution in [3.63, 3.8) is 0 Å². The summed E-state index contributed by atoms with van der Waals surface area (Å²) < 4.78 is 8.29. The van der Waals surface area contributed by atoms with E-state index in [1.54, 1.807) is 23.0 Å². The molecule has 2 N–H and O–H groups in total. The van der Waals surface area contributed by atoms with Crippen LogP contribution in [-0.2, 0) is 6.54 Å². The lowest BCUT2D eigenvalue weighted by Crippen LogP contribution is -2.10. The van der Waals surface area contributed by atoms with Gasteiger partial charge in [0, 0.05) is 22.9 Å². The molecule has 0 aliphatic carbocycles. The highest BCUT2D eigenvalue weighted by Gasteiger charge is 2.19. The molecule has 0 saturated heterocycles. The molecule has 120 valence electrons. The van der Waals surface area contributed by atoms with Crippen LogP contribution < -0.4 is 5.56 Å². The van der Waals surface area contributed by atoms with Crippen LogP contribution in [0.15, 0.2) is 41.3 Å². The van der Waals surface area contributed by atoms with Crippen molar-refractivity contribution in [2.75, 3.05) is 0 Å². The van der Waals surface area contributed by atoms with Crippen LogP contribution in [0.4, 0.5) is 0 Å². The minimum atomic E-state index is -0.295. The third kappa shape index (κ3) is 2.74. The first-order valence-electron chi connectivity index (χ1n) is 6.94. The SMILES string of the molecule is O=c1[nH]snc1-c1nc(-c2ccn[nH]2)nn1Cc1cccc(Cl)c1. The molecule has 4 aromatic rings. The number of benzene rings is 1. The molecular formula is C14H10ClN7OS. The van der Waals surface area contributed by atoms with Gasteiger partial charge < -0.3 is 0 Å². The number of nitrogens with one attached hydrogen (secondary N) is 2. The van der Waals surface area contributed by atoms with Crippen molar-refractivity contribution in [1.29, 1.82) is 0 Å². The summed E-state index contributed by atoms with van der Waals surface area (Å²) >= 11 is 7.01. The molecule has 0 saturated carbocycles. The predicted molar refractivity (Wildman–Crippen MR) is 89.9 cm³/mol. The Labute approximate surface area is 144 Å². The van der Waals surface area contributed by atoms with Crippen molar-refractivity contribution >= 4 is 23.3 Å². The summed E-state index contributed by atoms with van der Waals surface area (Å²) in [4.78, 5) is 16.4. The van der Waals surface area contributed by atoms with Gasteiger partial charge in [-0.25, -0.2) is 9.67 Å². The quantitative estimate of drug-likeness (QED) is 0.581. The monoisotopic (exact) mass is 359 g/mol. The fourth-order valence-corrected chi connectivity index (χ4v) is 2.97. The van der Waals surface area contributed by atoms with E-state index in [1.807, 2.05) is 18.2 Å². The van der Waals surface area contributed by atoms with Gasteiger partial charge in [0.15, 0.2) is 17.3 Å². The van der Waals surface area contributed by atoms with Crippen molar-refractivity contribution in [3.05, 3.63) is 57.5 Å². The number of hydrogen-bond acceptors (Lipinski definition) is 6. The van der Waals surface area contributed by atoms with E-state index in [0.29, 0.717) is 28.9 Å². The van der Waals surface area contributed by atoms with E-state index < -0.39 is 0 Å². The van der Waals surface area contributed by atoms with Gasteiger partial charge in [-0.15, -0.1) is 5.10 Å². The zero-order valence-electron chi connectivity index (χ0n) is 12.1. The predicted octanol–water partition coefficient (Wildman–Crippen LogP) is 2.18. The summed E-state index contributed by atoms with van der Waals surface area (Å²) in [5, 5.41) is 11.8. The van der Waals surface area contributed by atoms with E-state index >= 15 is 0 Å². The minimum absolute atomic E-state index is 0.236. The number of aromatic amines is 2. The second-order valence-corrected chi connectivity index (χ2v) is 5.98. The van der Waals surface area contributed by atoms with E-state index in [-0.39, 0.29) is 11.3 Å². The zero-order valence-corrected chi connectivity index (χ0v) is 13.7. The van der Waals surface area contributed by atoms with Crippen LogP contribution in [0.5, 0.6) is 0 Å². The van der Waals surface area contributed by atoms with Crippen molar-refractivity contribution in [3.8, 4) is 23.0 Å². The molecule has 8 nitrogen and oxygen atoms in total. The van der Waals surface area contributed by atoms with Gasteiger partial charge in [0.25, 0.3) is 5.56 Å². The summed E-state index contributed by atoms with van der Waals surface area (Å²) in [6.07, 6.45) is 1.61. The Balaban J connectivity index is 1.82. The number of rotatable bonds is 4. The summed E-state index contributed by atoms with van der Waals surface area (Å²) in [5.41, 5.74) is 1.54. The molecule has 0 aliphatic heterocycles. The van der Waals surface area contributed by atoms with E-state index in [4.69, 9.17) is 11.6 Å². The van der Waals surface area contributed by atoms with Crippen LogP contribution in [0.3, 0.4) is 0 Å². The van der Waals surface area contributed by atoms with Gasteiger partial charge in [-0.3, -0.25) is 14.3 Å². The molecule has 3 aromatic heterocycles. The molecule has 0 spiro atoms. The zero-order chi connectivity index (χ0) is 16.5. The molecule has 1 aromatic carbocycles. The molecule has 0 bridgehead atoms. The summed E-state index contributed by atoms with van der Waals surface area (Å²) in [7, 11) is 0. The number of H-pyrrole nitrogens is 2. The highest BCUT2D eigenvalue weighted by Crippen LogP contribution is 2.20. The third-order valence-corrected chi connectivity index (χ3v) is 4.12. The molecule has 3 heterocycles. The fraction of sp³-hybridized carbons (Fsp3) is 0.0714. The first kappa shape index (κ1) is 14.8. The second-order valence-electron chi connectivity index (χ2n) is 4.98. The maximum Gasteiger partial charge on any atom is 0.289 e. The Morgan fingerprint density at radius 3 is 2.92 bits per heavy atom. The van der Waals surface area contributed by atoms with Crippen LogP contribution >= 0.6 is 23.3 Å². The number of nitrogens with zero attached hydrogens (tertiary/aromatic N) is 5. The van der Waals surface area contributed by atoms with E-state index in [9.17, 15) is 4.79 Å². The first-order valence-corrected chi connectivity index (χ1v) is 8.09. The molecule has 0 unspecified atom stereocenters. The lowest BCUT2D eigenvalue weighted by molar-refractivity contribution is 0.693. The highest BCUT2D eigenvalue weighted by atomic mass is 35.5. The van der Waals surface area contributed by atoms with Gasteiger partial charge in [-0.1, -0.05) is 23.7 Å². The minimum Gasteiger partial charge on any atom is -0.275 e. The van der Waals surface area contributed by atoms with Crippen LogP contribution in [-0.4, -0.2) is 33.7 Å². The average Bonchev–Trinajstić information content (AvgIpc) is 3.27. The molecular weight excluding hydrogens is 350 g/mol. The van der Waals surface area contributed by atoms with E-state index in [0.717, 1.165) is 17.3 Å². The van der Waals surface area contributed by atoms with E-state index in [1.165, 1.54) is 0 Å². The van der Waals surface area contributed by atoms with Gasteiger partial charge in [0.1, 0.15) is 5.69 Å². The topological polar surface area (TPSA) is 105 Å². The Morgan fingerprint density at radius 1 is 1.29 bits per heavy atom. The van der Waals surface area contributed by atoms with Gasteiger partial charge in [0.05, 0.1) is 6.54 Å². The summed E-state index contributed by atoms with van der Waals surface area (Å²) in [6, 6.07) is 9.19. The normalized spacial score (nSPS) is 11.0. The molecule has 0 aliphatic rings. The molecule has 0 radical (unpaired) electrons. The summed E-state index contributed by atoms with van der Waals surface area (Å²) in [5.74, 6) is 0.832. The highest BCUT2D eigenvalue weighted by molar-refractivity contribution is 6.99. The average molecular weight is 360 g/mol. The van der Waals surface area contributed by atoms with Gasteiger partial charge >= 0.3 is 0 Å². The van der Waals surface area contributed by atoms with Gasteiger partial charge in [-0.2, -0.15) is 9.47 Å². The Hall–Kier alpha value is -2.78. The van der Waals surface area contributed by atoms with Crippen LogP contribution in [0.1, 0.15) is 5.56 Å². The Morgan fingerprint density at radius 2 is 2.21 bits per heavy atom. The standard InChI is InChI=1S/C14H10ClN7OS/c15-9-3-1-2-8(6-9)7-22-13(11-14(23)21-24-20-11)17-12(19-22)10-4-5-16-18-10/h1-6H,7H2,(H,16,18)(H,21,23). The van der Waals surface area contributed by atoms with Gasteiger partial charge in [0.2, 0.25) is 0 Å². The number of hydrogen-bond donors (Lipinski definition) is 2. The van der Waals surface area contributed by atoms with Crippen molar-refractivity contribution in [2.24, 2.45) is 0 Å². The molecule has 0 fully saturated rings. The Kier molecular flexibility index (Phi) is 3.71. The van der Waals surface area contributed by atoms with Crippen molar-refractivity contribution < 1.29 is 0 Å².